The molecule has 0 heterocycles. The number of hydrogen-bond donors (Lipinski definition) is 0. The SMILES string of the molecule is CC(C)(C)C1CC1(C)OC=O. The molecule has 0 aromatic rings. The van der Waals surface area contributed by atoms with Crippen molar-refractivity contribution < 1.29 is 9.53 Å². The minimum Gasteiger partial charge on any atom is -0.461 e. The molecule has 1 rings (SSSR count). The van der Waals surface area contributed by atoms with Crippen LogP contribution in [0.25, 0.3) is 0 Å². The smallest absolute Gasteiger partial charge is 0.293 e. The normalized spacial score (nSPS) is 36.5. The molecule has 1 aliphatic carbocycles. The van der Waals surface area contributed by atoms with Gasteiger partial charge in [-0.25, -0.2) is 0 Å². The molecule has 0 radical (unpaired) electrons. The highest BCUT2D eigenvalue weighted by Crippen LogP contribution is 2.55. The Morgan fingerprint density at radius 1 is 1.55 bits per heavy atom. The maximum atomic E-state index is 10.1. The first-order valence-corrected chi connectivity index (χ1v) is 4.01. The van der Waals surface area contributed by atoms with E-state index in [2.05, 4.69) is 20.8 Å². The zero-order chi connectivity index (χ0) is 8.70. The second-order valence-electron chi connectivity index (χ2n) is 4.65. The third kappa shape index (κ3) is 1.55. The molecule has 2 nitrogen and oxygen atoms in total. The first kappa shape index (κ1) is 8.57. The van der Waals surface area contributed by atoms with E-state index in [1.807, 2.05) is 6.92 Å². The summed E-state index contributed by atoms with van der Waals surface area (Å²) in [6, 6.07) is 0. The summed E-state index contributed by atoms with van der Waals surface area (Å²) >= 11 is 0. The van der Waals surface area contributed by atoms with E-state index >= 15 is 0 Å². The number of rotatable bonds is 2. The topological polar surface area (TPSA) is 26.3 Å². The summed E-state index contributed by atoms with van der Waals surface area (Å²) in [6.45, 7) is 9.09. The molecule has 0 N–H and O–H groups in total. The van der Waals surface area contributed by atoms with Crippen molar-refractivity contribution in [2.45, 2.75) is 39.7 Å². The lowest BCUT2D eigenvalue weighted by molar-refractivity contribution is -0.135. The fourth-order valence-electron chi connectivity index (χ4n) is 1.81. The first-order valence-electron chi connectivity index (χ1n) is 4.01. The fourth-order valence-corrected chi connectivity index (χ4v) is 1.81. The summed E-state index contributed by atoms with van der Waals surface area (Å²) in [5.74, 6) is 0.528. The first-order chi connectivity index (χ1) is 4.90. The van der Waals surface area contributed by atoms with E-state index in [4.69, 9.17) is 4.74 Å². The third-order valence-electron chi connectivity index (χ3n) is 2.55. The van der Waals surface area contributed by atoms with Gasteiger partial charge in [-0.15, -0.1) is 0 Å². The second-order valence-corrected chi connectivity index (χ2v) is 4.65. The van der Waals surface area contributed by atoms with Gasteiger partial charge >= 0.3 is 0 Å². The molecule has 0 amide bonds. The van der Waals surface area contributed by atoms with Gasteiger partial charge in [-0.05, 0) is 18.8 Å². The van der Waals surface area contributed by atoms with Crippen molar-refractivity contribution in [2.24, 2.45) is 11.3 Å². The number of carbonyl (C=O) groups is 1. The molecule has 2 atom stereocenters. The van der Waals surface area contributed by atoms with Gasteiger partial charge in [-0.1, -0.05) is 20.8 Å². The van der Waals surface area contributed by atoms with E-state index in [1.165, 1.54) is 0 Å². The summed E-state index contributed by atoms with van der Waals surface area (Å²) < 4.78 is 5.00. The Kier molecular flexibility index (Phi) is 1.73. The summed E-state index contributed by atoms with van der Waals surface area (Å²) in [5.41, 5.74) is 0.0950. The van der Waals surface area contributed by atoms with Crippen LogP contribution in [0.3, 0.4) is 0 Å². The Bertz CT molecular complexity index is 169. The Balaban J connectivity index is 2.52. The van der Waals surface area contributed by atoms with E-state index in [0.29, 0.717) is 12.4 Å². The molecule has 0 aromatic carbocycles. The summed E-state index contributed by atoms with van der Waals surface area (Å²) in [4.78, 5) is 10.1. The van der Waals surface area contributed by atoms with Crippen molar-refractivity contribution in [1.29, 1.82) is 0 Å². The van der Waals surface area contributed by atoms with Gasteiger partial charge in [0.05, 0.1) is 0 Å². The molecule has 2 unspecified atom stereocenters. The van der Waals surface area contributed by atoms with Crippen LogP contribution in [0.4, 0.5) is 0 Å². The van der Waals surface area contributed by atoms with Crippen LogP contribution in [0.1, 0.15) is 34.1 Å². The summed E-state index contributed by atoms with van der Waals surface area (Å²) in [5, 5.41) is 0. The molecule has 2 heteroatoms. The zero-order valence-corrected chi connectivity index (χ0v) is 7.68. The number of carbonyl (C=O) groups excluding carboxylic acids is 1. The molecule has 0 bridgehead atoms. The van der Waals surface area contributed by atoms with Crippen LogP contribution < -0.4 is 0 Å². The fraction of sp³-hybridized carbons (Fsp3) is 0.889. The molecule has 11 heavy (non-hydrogen) atoms. The zero-order valence-electron chi connectivity index (χ0n) is 7.68. The molecule has 1 aliphatic rings. The van der Waals surface area contributed by atoms with Gasteiger partial charge in [0.15, 0.2) is 0 Å². The Labute approximate surface area is 67.9 Å². The van der Waals surface area contributed by atoms with E-state index in [9.17, 15) is 4.79 Å². The standard InChI is InChI=1S/C9H16O2/c1-8(2,3)7-5-9(7,4)11-6-10/h6-7H,5H2,1-4H3. The van der Waals surface area contributed by atoms with Gasteiger partial charge in [0, 0.05) is 5.92 Å². The molecule has 1 saturated carbocycles. The predicted octanol–water partition coefficient (Wildman–Crippen LogP) is 1.98. The van der Waals surface area contributed by atoms with E-state index in [1.54, 1.807) is 0 Å². The quantitative estimate of drug-likeness (QED) is 0.571. The van der Waals surface area contributed by atoms with Crippen molar-refractivity contribution in [3.63, 3.8) is 0 Å². The molecule has 0 saturated heterocycles. The van der Waals surface area contributed by atoms with Gasteiger partial charge in [0.25, 0.3) is 6.47 Å². The molecule has 0 spiro atoms. The highest BCUT2D eigenvalue weighted by molar-refractivity contribution is 5.40. The van der Waals surface area contributed by atoms with Crippen molar-refractivity contribution in [1.82, 2.24) is 0 Å². The van der Waals surface area contributed by atoms with E-state index in [-0.39, 0.29) is 11.0 Å². The van der Waals surface area contributed by atoms with Crippen molar-refractivity contribution >= 4 is 6.47 Å². The minimum atomic E-state index is -0.167. The van der Waals surface area contributed by atoms with Gasteiger partial charge < -0.3 is 4.74 Å². The number of hydrogen-bond acceptors (Lipinski definition) is 2. The highest BCUT2D eigenvalue weighted by Gasteiger charge is 2.57. The van der Waals surface area contributed by atoms with Crippen LogP contribution in [0.2, 0.25) is 0 Å². The molecule has 0 aromatic heterocycles. The molecular weight excluding hydrogens is 140 g/mol. The summed E-state index contributed by atoms with van der Waals surface area (Å²) in [6.07, 6.45) is 1.01. The Hall–Kier alpha value is -0.530. The minimum absolute atomic E-state index is 0.167. The summed E-state index contributed by atoms with van der Waals surface area (Å²) in [7, 11) is 0. The molecule has 1 fully saturated rings. The van der Waals surface area contributed by atoms with Crippen molar-refractivity contribution in [3.05, 3.63) is 0 Å². The van der Waals surface area contributed by atoms with Crippen molar-refractivity contribution in [3.8, 4) is 0 Å². The van der Waals surface area contributed by atoms with Crippen LogP contribution in [0.5, 0.6) is 0 Å². The van der Waals surface area contributed by atoms with E-state index < -0.39 is 0 Å². The Morgan fingerprint density at radius 3 is 2.36 bits per heavy atom. The third-order valence-corrected chi connectivity index (χ3v) is 2.55. The maximum Gasteiger partial charge on any atom is 0.293 e. The molecule has 0 aliphatic heterocycles. The number of ether oxygens (including phenoxy) is 1. The maximum absolute atomic E-state index is 10.1. The van der Waals surface area contributed by atoms with Gasteiger partial charge in [-0.3, -0.25) is 4.79 Å². The highest BCUT2D eigenvalue weighted by atomic mass is 16.5. The Morgan fingerprint density at radius 2 is 2.09 bits per heavy atom. The lowest BCUT2D eigenvalue weighted by Crippen LogP contribution is -2.20. The predicted molar refractivity (Wildman–Crippen MR) is 43.1 cm³/mol. The lowest BCUT2D eigenvalue weighted by atomic mass is 9.88. The average Bonchev–Trinajstić information content (AvgIpc) is 2.41. The van der Waals surface area contributed by atoms with Gasteiger partial charge in [0.1, 0.15) is 5.60 Å². The van der Waals surface area contributed by atoms with Crippen LogP contribution >= 0.6 is 0 Å². The van der Waals surface area contributed by atoms with Gasteiger partial charge in [0.2, 0.25) is 0 Å². The largest absolute Gasteiger partial charge is 0.461 e. The monoisotopic (exact) mass is 156 g/mol. The molecular formula is C9H16O2. The average molecular weight is 156 g/mol. The second kappa shape index (κ2) is 2.23. The van der Waals surface area contributed by atoms with E-state index in [0.717, 1.165) is 6.42 Å². The van der Waals surface area contributed by atoms with Gasteiger partial charge in [-0.2, -0.15) is 0 Å². The molecule has 64 valence electrons. The van der Waals surface area contributed by atoms with Crippen molar-refractivity contribution in [2.75, 3.05) is 0 Å². The van der Waals surface area contributed by atoms with Crippen LogP contribution in [-0.2, 0) is 9.53 Å². The lowest BCUT2D eigenvalue weighted by Gasteiger charge is -2.20. The van der Waals surface area contributed by atoms with Crippen LogP contribution in [-0.4, -0.2) is 12.1 Å². The van der Waals surface area contributed by atoms with Crippen LogP contribution in [0, 0.1) is 11.3 Å². The van der Waals surface area contributed by atoms with Crippen LogP contribution in [0.15, 0.2) is 0 Å².